The van der Waals surface area contributed by atoms with Crippen LogP contribution in [0, 0.1) is 5.92 Å². The summed E-state index contributed by atoms with van der Waals surface area (Å²) in [6.07, 6.45) is 5.54. The Labute approximate surface area is 163 Å². The van der Waals surface area contributed by atoms with Crippen molar-refractivity contribution in [1.82, 2.24) is 15.5 Å². The second kappa shape index (κ2) is 10.1. The second-order valence-corrected chi connectivity index (χ2v) is 7.79. The second-order valence-electron chi connectivity index (χ2n) is 7.79. The number of benzene rings is 1. The van der Waals surface area contributed by atoms with E-state index >= 15 is 0 Å². The average Bonchev–Trinajstić information content (AvgIpc) is 2.72. The topological polar surface area (TPSA) is 53.6 Å². The number of fused-ring (bicyclic) bond motifs is 1. The molecule has 2 N–H and O–H groups in total. The minimum atomic E-state index is -0.0408. The van der Waals surface area contributed by atoms with Crippen molar-refractivity contribution in [1.29, 1.82) is 0 Å². The molecule has 1 fully saturated rings. The van der Waals surface area contributed by atoms with Gasteiger partial charge in [0.2, 0.25) is 0 Å². The molecular formula is C22H35N3O2. The lowest BCUT2D eigenvalue weighted by molar-refractivity contribution is 0.00236. The summed E-state index contributed by atoms with van der Waals surface area (Å²) in [5.74, 6) is 0.596. The van der Waals surface area contributed by atoms with Crippen LogP contribution < -0.4 is 10.6 Å². The van der Waals surface area contributed by atoms with Gasteiger partial charge in [0.1, 0.15) is 0 Å². The number of carbonyl (C=O) groups excluding carboxylic acids is 1. The molecule has 5 nitrogen and oxygen atoms in total. The molecule has 27 heavy (non-hydrogen) atoms. The summed E-state index contributed by atoms with van der Waals surface area (Å²) < 4.78 is 5.51. The number of carbonyl (C=O) groups is 1. The molecule has 0 bridgehead atoms. The van der Waals surface area contributed by atoms with Gasteiger partial charge < -0.3 is 15.4 Å². The summed E-state index contributed by atoms with van der Waals surface area (Å²) in [6, 6.07) is 8.96. The van der Waals surface area contributed by atoms with Crippen molar-refractivity contribution in [2.45, 2.75) is 58.0 Å². The Hall–Kier alpha value is -1.59. The van der Waals surface area contributed by atoms with Crippen LogP contribution >= 0.6 is 0 Å². The van der Waals surface area contributed by atoms with Gasteiger partial charge in [-0.1, -0.05) is 51.0 Å². The number of aryl methyl sites for hydroxylation is 1. The third kappa shape index (κ3) is 5.23. The van der Waals surface area contributed by atoms with Crippen molar-refractivity contribution < 1.29 is 9.53 Å². The van der Waals surface area contributed by atoms with Crippen molar-refractivity contribution in [2.24, 2.45) is 5.92 Å². The Bertz CT molecular complexity index is 597. The third-order valence-electron chi connectivity index (χ3n) is 6.25. The lowest BCUT2D eigenvalue weighted by Gasteiger charge is -2.39. The molecular weight excluding hydrogens is 338 g/mol. The van der Waals surface area contributed by atoms with Crippen LogP contribution in [-0.4, -0.2) is 49.8 Å². The molecule has 1 aliphatic heterocycles. The molecule has 1 saturated heterocycles. The number of morpholine rings is 1. The first-order valence-electron chi connectivity index (χ1n) is 10.7. The van der Waals surface area contributed by atoms with Crippen molar-refractivity contribution >= 4 is 6.03 Å². The van der Waals surface area contributed by atoms with Crippen LogP contribution in [0.4, 0.5) is 4.79 Å². The van der Waals surface area contributed by atoms with Crippen LogP contribution in [0.5, 0.6) is 0 Å². The molecule has 0 spiro atoms. The zero-order chi connectivity index (χ0) is 19.1. The highest BCUT2D eigenvalue weighted by atomic mass is 16.5. The largest absolute Gasteiger partial charge is 0.379 e. The van der Waals surface area contributed by atoms with E-state index < -0.39 is 0 Å². The summed E-state index contributed by atoms with van der Waals surface area (Å²) >= 11 is 0. The molecule has 1 heterocycles. The van der Waals surface area contributed by atoms with Gasteiger partial charge in [-0.2, -0.15) is 0 Å². The van der Waals surface area contributed by atoms with E-state index in [9.17, 15) is 4.79 Å². The van der Waals surface area contributed by atoms with Gasteiger partial charge in [0.15, 0.2) is 0 Å². The van der Waals surface area contributed by atoms with E-state index in [4.69, 9.17) is 4.74 Å². The summed E-state index contributed by atoms with van der Waals surface area (Å²) in [5, 5.41) is 6.39. The molecule has 3 rings (SSSR count). The highest BCUT2D eigenvalue weighted by molar-refractivity contribution is 5.74. The van der Waals surface area contributed by atoms with Crippen molar-refractivity contribution in [3.8, 4) is 0 Å². The summed E-state index contributed by atoms with van der Waals surface area (Å²) in [7, 11) is 0. The van der Waals surface area contributed by atoms with Gasteiger partial charge in [0.05, 0.1) is 19.3 Å². The predicted molar refractivity (Wildman–Crippen MR) is 109 cm³/mol. The normalized spacial score (nSPS) is 21.5. The number of nitrogens with zero attached hydrogens (tertiary/aromatic N) is 1. The molecule has 1 aromatic carbocycles. The number of nitrogens with one attached hydrogen (secondary N) is 2. The van der Waals surface area contributed by atoms with Gasteiger partial charge in [-0.25, -0.2) is 4.79 Å². The number of rotatable bonds is 7. The Morgan fingerprint density at radius 3 is 2.70 bits per heavy atom. The maximum absolute atomic E-state index is 12.6. The van der Waals surface area contributed by atoms with Crippen LogP contribution in [0.15, 0.2) is 24.3 Å². The number of hydrogen-bond acceptors (Lipinski definition) is 3. The molecule has 0 saturated carbocycles. The van der Waals surface area contributed by atoms with E-state index in [0.29, 0.717) is 18.5 Å². The first-order valence-corrected chi connectivity index (χ1v) is 10.7. The third-order valence-corrected chi connectivity index (χ3v) is 6.25. The number of amides is 2. The zero-order valence-electron chi connectivity index (χ0n) is 16.9. The smallest absolute Gasteiger partial charge is 0.315 e. The van der Waals surface area contributed by atoms with Crippen molar-refractivity contribution in [2.75, 3.05) is 32.8 Å². The Morgan fingerprint density at radius 2 is 1.96 bits per heavy atom. The van der Waals surface area contributed by atoms with Gasteiger partial charge in [-0.3, -0.25) is 4.90 Å². The quantitative estimate of drug-likeness (QED) is 0.769. The van der Waals surface area contributed by atoms with Gasteiger partial charge in [-0.15, -0.1) is 0 Å². The maximum Gasteiger partial charge on any atom is 0.315 e. The van der Waals surface area contributed by atoms with Gasteiger partial charge >= 0.3 is 6.03 Å². The zero-order valence-corrected chi connectivity index (χ0v) is 16.9. The lowest BCUT2D eigenvalue weighted by atomic mass is 9.88. The average molecular weight is 374 g/mol. The minimum absolute atomic E-state index is 0.0408. The number of ether oxygens (including phenoxy) is 1. The first kappa shape index (κ1) is 20.2. The molecule has 0 radical (unpaired) electrons. The molecule has 1 aliphatic carbocycles. The first-order chi connectivity index (χ1) is 13.2. The van der Waals surface area contributed by atoms with Crippen molar-refractivity contribution in [3.63, 3.8) is 0 Å². The van der Waals surface area contributed by atoms with E-state index in [1.54, 1.807) is 0 Å². The molecule has 2 atom stereocenters. The Kier molecular flexibility index (Phi) is 7.53. The number of urea groups is 1. The fourth-order valence-electron chi connectivity index (χ4n) is 4.65. The summed E-state index contributed by atoms with van der Waals surface area (Å²) in [5.41, 5.74) is 2.65. The highest BCUT2D eigenvalue weighted by Gasteiger charge is 2.28. The van der Waals surface area contributed by atoms with E-state index in [2.05, 4.69) is 53.6 Å². The number of hydrogen-bond donors (Lipinski definition) is 2. The standard InChI is InChI=1S/C22H35N3O2/c1-3-17(4-2)21(25-12-14-27-15-13-25)16-23-22(26)24-20-11-7-9-18-8-5-6-10-19(18)20/h5-6,8,10,17,20-21H,3-4,7,9,11-16H2,1-2H3,(H2,23,24,26). The molecule has 2 aliphatic rings. The maximum atomic E-state index is 12.6. The highest BCUT2D eigenvalue weighted by Crippen LogP contribution is 2.29. The van der Waals surface area contributed by atoms with Crippen molar-refractivity contribution in [3.05, 3.63) is 35.4 Å². The molecule has 150 valence electrons. The predicted octanol–water partition coefficient (Wildman–Crippen LogP) is 3.50. The van der Waals surface area contributed by atoms with Crippen LogP contribution in [0.1, 0.15) is 56.7 Å². The summed E-state index contributed by atoms with van der Waals surface area (Å²) in [6.45, 7) is 8.71. The SMILES string of the molecule is CCC(CC)C(CNC(=O)NC1CCCc2ccccc21)N1CCOCC1. The van der Waals surface area contributed by atoms with Gasteiger partial charge in [-0.05, 0) is 36.3 Å². The van der Waals surface area contributed by atoms with Gasteiger partial charge in [0, 0.05) is 25.7 Å². The minimum Gasteiger partial charge on any atom is -0.379 e. The molecule has 2 unspecified atom stereocenters. The molecule has 2 amide bonds. The molecule has 1 aromatic rings. The van der Waals surface area contributed by atoms with Crippen LogP contribution in [0.25, 0.3) is 0 Å². The van der Waals surface area contributed by atoms with Crippen LogP contribution in [0.2, 0.25) is 0 Å². The molecule has 0 aromatic heterocycles. The Balaban J connectivity index is 1.57. The van der Waals surface area contributed by atoms with E-state index in [-0.39, 0.29) is 12.1 Å². The fraction of sp³-hybridized carbons (Fsp3) is 0.682. The van der Waals surface area contributed by atoms with Gasteiger partial charge in [0.25, 0.3) is 0 Å². The van der Waals surface area contributed by atoms with Crippen LogP contribution in [0.3, 0.4) is 0 Å². The monoisotopic (exact) mass is 373 g/mol. The van der Waals surface area contributed by atoms with E-state index in [1.165, 1.54) is 11.1 Å². The van der Waals surface area contributed by atoms with Crippen LogP contribution in [-0.2, 0) is 11.2 Å². The Morgan fingerprint density at radius 1 is 1.22 bits per heavy atom. The van der Waals surface area contributed by atoms with E-state index in [1.807, 2.05) is 0 Å². The molecule has 5 heteroatoms. The lowest BCUT2D eigenvalue weighted by Crippen LogP contribution is -2.53. The van der Waals surface area contributed by atoms with E-state index in [0.717, 1.165) is 58.4 Å². The fourth-order valence-corrected chi connectivity index (χ4v) is 4.65. The summed E-state index contributed by atoms with van der Waals surface area (Å²) in [4.78, 5) is 15.1.